The van der Waals surface area contributed by atoms with E-state index in [4.69, 9.17) is 11.6 Å². The summed E-state index contributed by atoms with van der Waals surface area (Å²) in [7, 11) is 0. The fraction of sp³-hybridized carbons (Fsp3) is 0.467. The summed E-state index contributed by atoms with van der Waals surface area (Å²) in [4.78, 5) is 4.92. The highest BCUT2D eigenvalue weighted by molar-refractivity contribution is 6.25. The Bertz CT molecular complexity index is 421. The van der Waals surface area contributed by atoms with Gasteiger partial charge in [0.2, 0.25) is 0 Å². The van der Waals surface area contributed by atoms with E-state index in [1.807, 2.05) is 6.08 Å². The Kier molecular flexibility index (Phi) is 4.67. The van der Waals surface area contributed by atoms with E-state index in [2.05, 4.69) is 41.8 Å². The van der Waals surface area contributed by atoms with Crippen molar-refractivity contribution in [3.05, 3.63) is 40.9 Å². The summed E-state index contributed by atoms with van der Waals surface area (Å²) in [5.41, 5.74) is 5.78. The standard InChI is InChI=1S/C15H21ClN2/c1-13-5-3-6-15(14(13)2)18-11-9-17(10-12-18)8-4-7-16/h3-7H,8-12H2,1-2H3. The Labute approximate surface area is 115 Å². The second-order valence-corrected chi connectivity index (χ2v) is 5.12. The van der Waals surface area contributed by atoms with Crippen molar-refractivity contribution >= 4 is 17.3 Å². The largest absolute Gasteiger partial charge is 0.369 e. The third-order valence-corrected chi connectivity index (χ3v) is 3.92. The smallest absolute Gasteiger partial charge is 0.0399 e. The van der Waals surface area contributed by atoms with Gasteiger partial charge in [0.05, 0.1) is 0 Å². The van der Waals surface area contributed by atoms with E-state index in [1.54, 1.807) is 5.54 Å². The summed E-state index contributed by atoms with van der Waals surface area (Å²) in [5, 5.41) is 0. The van der Waals surface area contributed by atoms with Crippen LogP contribution in [0.15, 0.2) is 29.8 Å². The number of halogens is 1. The van der Waals surface area contributed by atoms with Crippen LogP contribution >= 0.6 is 11.6 Å². The molecule has 98 valence electrons. The molecule has 2 rings (SSSR count). The second kappa shape index (κ2) is 6.26. The molecule has 2 nitrogen and oxygen atoms in total. The minimum absolute atomic E-state index is 0.962. The summed E-state index contributed by atoms with van der Waals surface area (Å²) in [6.45, 7) is 9.77. The molecule has 1 fully saturated rings. The van der Waals surface area contributed by atoms with Gasteiger partial charge < -0.3 is 4.90 Å². The molecule has 1 aromatic rings. The molecule has 0 aromatic heterocycles. The Balaban J connectivity index is 1.99. The van der Waals surface area contributed by atoms with Gasteiger partial charge in [-0.3, -0.25) is 4.90 Å². The molecule has 0 radical (unpaired) electrons. The van der Waals surface area contributed by atoms with Crippen LogP contribution in [0.4, 0.5) is 5.69 Å². The number of hydrogen-bond acceptors (Lipinski definition) is 2. The van der Waals surface area contributed by atoms with Crippen molar-refractivity contribution in [3.63, 3.8) is 0 Å². The van der Waals surface area contributed by atoms with Crippen molar-refractivity contribution in [2.24, 2.45) is 0 Å². The molecule has 1 aliphatic heterocycles. The Morgan fingerprint density at radius 2 is 1.89 bits per heavy atom. The summed E-state index contributed by atoms with van der Waals surface area (Å²) in [5.74, 6) is 0. The molecule has 0 saturated carbocycles. The van der Waals surface area contributed by atoms with Crippen molar-refractivity contribution in [1.29, 1.82) is 0 Å². The van der Waals surface area contributed by atoms with Crippen LogP contribution in [0.2, 0.25) is 0 Å². The Morgan fingerprint density at radius 1 is 1.17 bits per heavy atom. The first kappa shape index (κ1) is 13.4. The summed E-state index contributed by atoms with van der Waals surface area (Å²) in [6.07, 6.45) is 2.01. The van der Waals surface area contributed by atoms with Crippen LogP contribution in [0.5, 0.6) is 0 Å². The molecule has 18 heavy (non-hydrogen) atoms. The van der Waals surface area contributed by atoms with E-state index in [9.17, 15) is 0 Å². The van der Waals surface area contributed by atoms with Gasteiger partial charge in [0.15, 0.2) is 0 Å². The molecule has 0 unspecified atom stereocenters. The van der Waals surface area contributed by atoms with Gasteiger partial charge in [-0.2, -0.15) is 0 Å². The molecule has 0 bridgehead atoms. The molecule has 1 heterocycles. The number of benzene rings is 1. The molecule has 1 aromatic carbocycles. The van der Waals surface area contributed by atoms with Crippen molar-refractivity contribution in [2.45, 2.75) is 13.8 Å². The molecule has 0 aliphatic carbocycles. The maximum Gasteiger partial charge on any atom is 0.0399 e. The van der Waals surface area contributed by atoms with E-state index in [1.165, 1.54) is 16.8 Å². The quantitative estimate of drug-likeness (QED) is 0.827. The lowest BCUT2D eigenvalue weighted by Gasteiger charge is -2.36. The normalized spacial score (nSPS) is 17.6. The van der Waals surface area contributed by atoms with E-state index < -0.39 is 0 Å². The van der Waals surface area contributed by atoms with Crippen molar-refractivity contribution in [3.8, 4) is 0 Å². The third kappa shape index (κ3) is 3.06. The van der Waals surface area contributed by atoms with Gasteiger partial charge in [0.1, 0.15) is 0 Å². The van der Waals surface area contributed by atoms with Crippen LogP contribution in [0.1, 0.15) is 11.1 Å². The molecular formula is C15H21ClN2. The lowest BCUT2D eigenvalue weighted by Crippen LogP contribution is -2.46. The molecule has 0 amide bonds. The fourth-order valence-electron chi connectivity index (χ4n) is 2.44. The number of anilines is 1. The van der Waals surface area contributed by atoms with Gasteiger partial charge in [-0.1, -0.05) is 29.8 Å². The topological polar surface area (TPSA) is 6.48 Å². The van der Waals surface area contributed by atoms with Crippen LogP contribution < -0.4 is 4.90 Å². The van der Waals surface area contributed by atoms with Gasteiger partial charge in [-0.15, -0.1) is 0 Å². The summed E-state index contributed by atoms with van der Waals surface area (Å²) >= 11 is 5.57. The number of aryl methyl sites for hydroxylation is 1. The predicted molar refractivity (Wildman–Crippen MR) is 79.6 cm³/mol. The van der Waals surface area contributed by atoms with E-state index in [0.29, 0.717) is 0 Å². The number of nitrogens with zero attached hydrogens (tertiary/aromatic N) is 2. The minimum atomic E-state index is 0.962. The highest BCUT2D eigenvalue weighted by atomic mass is 35.5. The molecule has 0 N–H and O–H groups in total. The van der Waals surface area contributed by atoms with Gasteiger partial charge >= 0.3 is 0 Å². The molecular weight excluding hydrogens is 244 g/mol. The zero-order valence-corrected chi connectivity index (χ0v) is 12.0. The number of rotatable bonds is 3. The van der Waals surface area contributed by atoms with Gasteiger partial charge in [-0.05, 0) is 31.0 Å². The zero-order valence-electron chi connectivity index (χ0n) is 11.2. The Hall–Kier alpha value is -0.990. The SMILES string of the molecule is Cc1cccc(N2CCN(CC=CCl)CC2)c1C. The number of piperazine rings is 1. The van der Waals surface area contributed by atoms with E-state index in [0.717, 1.165) is 32.7 Å². The zero-order chi connectivity index (χ0) is 13.0. The average Bonchev–Trinajstić information content (AvgIpc) is 2.40. The Morgan fingerprint density at radius 3 is 2.56 bits per heavy atom. The van der Waals surface area contributed by atoms with Crippen LogP contribution in [-0.2, 0) is 0 Å². The monoisotopic (exact) mass is 264 g/mol. The molecule has 0 atom stereocenters. The number of hydrogen-bond donors (Lipinski definition) is 0. The van der Waals surface area contributed by atoms with E-state index in [-0.39, 0.29) is 0 Å². The van der Waals surface area contributed by atoms with Crippen LogP contribution in [0, 0.1) is 13.8 Å². The third-order valence-electron chi connectivity index (χ3n) is 3.74. The first-order valence-corrected chi connectivity index (χ1v) is 6.94. The highest BCUT2D eigenvalue weighted by Gasteiger charge is 2.17. The molecule has 1 saturated heterocycles. The van der Waals surface area contributed by atoms with Crippen LogP contribution in [0.25, 0.3) is 0 Å². The van der Waals surface area contributed by atoms with Gasteiger partial charge in [-0.25, -0.2) is 0 Å². The minimum Gasteiger partial charge on any atom is -0.369 e. The first-order valence-electron chi connectivity index (χ1n) is 6.51. The second-order valence-electron chi connectivity index (χ2n) is 4.87. The lowest BCUT2D eigenvalue weighted by atomic mass is 10.1. The summed E-state index contributed by atoms with van der Waals surface area (Å²) in [6, 6.07) is 6.57. The highest BCUT2D eigenvalue weighted by Crippen LogP contribution is 2.23. The molecule has 0 spiro atoms. The van der Waals surface area contributed by atoms with Gasteiger partial charge in [0.25, 0.3) is 0 Å². The van der Waals surface area contributed by atoms with Crippen LogP contribution in [0.3, 0.4) is 0 Å². The van der Waals surface area contributed by atoms with Crippen molar-refractivity contribution < 1.29 is 0 Å². The predicted octanol–water partition coefficient (Wildman–Crippen LogP) is 3.18. The molecule has 1 aliphatic rings. The average molecular weight is 265 g/mol. The van der Waals surface area contributed by atoms with E-state index >= 15 is 0 Å². The lowest BCUT2D eigenvalue weighted by molar-refractivity contribution is 0.284. The van der Waals surface area contributed by atoms with Crippen LogP contribution in [-0.4, -0.2) is 37.6 Å². The van der Waals surface area contributed by atoms with Crippen molar-refractivity contribution in [2.75, 3.05) is 37.6 Å². The first-order chi connectivity index (χ1) is 8.72. The summed E-state index contributed by atoms with van der Waals surface area (Å²) < 4.78 is 0. The maximum atomic E-state index is 5.57. The maximum absolute atomic E-state index is 5.57. The van der Waals surface area contributed by atoms with Crippen molar-refractivity contribution in [1.82, 2.24) is 4.90 Å². The fourth-order valence-corrected chi connectivity index (χ4v) is 2.52. The van der Waals surface area contributed by atoms with Gasteiger partial charge in [0, 0.05) is 43.9 Å². The molecule has 3 heteroatoms.